The maximum atomic E-state index is 13.3. The number of hydrogen-bond donors (Lipinski definition) is 0. The standard InChI is InChI=1S/C24H25ClN4O4S/c1-17-5-7-19(8-6-17)33-23-21-16-29(34(30,31)20-4-2-3-18(25)15-20)10-9-22(21)26-24(27-23)28-11-13-32-14-12-28/h2-8,15H,9-14,16H2,1H3. The van der Waals surface area contributed by atoms with Gasteiger partial charge in [-0.3, -0.25) is 0 Å². The second kappa shape index (κ2) is 9.50. The number of benzene rings is 2. The topological polar surface area (TPSA) is 84.9 Å². The fourth-order valence-electron chi connectivity index (χ4n) is 4.04. The largest absolute Gasteiger partial charge is 0.439 e. The number of ether oxygens (including phenoxy) is 2. The molecule has 0 spiro atoms. The van der Waals surface area contributed by atoms with E-state index in [1.54, 1.807) is 18.2 Å². The molecule has 3 aromatic rings. The molecule has 1 saturated heterocycles. The molecule has 178 valence electrons. The molecule has 1 fully saturated rings. The first-order valence-corrected chi connectivity index (χ1v) is 12.9. The van der Waals surface area contributed by atoms with Crippen LogP contribution in [0.5, 0.6) is 11.6 Å². The molecule has 0 saturated carbocycles. The van der Waals surface area contributed by atoms with E-state index in [-0.39, 0.29) is 11.4 Å². The van der Waals surface area contributed by atoms with Gasteiger partial charge in [0.1, 0.15) is 5.75 Å². The van der Waals surface area contributed by atoms with E-state index in [1.165, 1.54) is 10.4 Å². The van der Waals surface area contributed by atoms with Crippen LogP contribution in [0.4, 0.5) is 5.95 Å². The molecule has 0 unspecified atom stereocenters. The van der Waals surface area contributed by atoms with E-state index in [2.05, 4.69) is 4.90 Å². The van der Waals surface area contributed by atoms with Crippen molar-refractivity contribution in [1.82, 2.24) is 14.3 Å². The molecule has 10 heteroatoms. The summed E-state index contributed by atoms with van der Waals surface area (Å²) in [5.41, 5.74) is 2.59. The maximum Gasteiger partial charge on any atom is 0.243 e. The van der Waals surface area contributed by atoms with Crippen LogP contribution in [0.2, 0.25) is 5.02 Å². The normalized spacial score (nSPS) is 16.8. The highest BCUT2D eigenvalue weighted by atomic mass is 35.5. The van der Waals surface area contributed by atoms with Gasteiger partial charge in [0.15, 0.2) is 0 Å². The van der Waals surface area contributed by atoms with Gasteiger partial charge < -0.3 is 14.4 Å². The van der Waals surface area contributed by atoms with E-state index in [1.807, 2.05) is 31.2 Å². The Morgan fingerprint density at radius 2 is 1.79 bits per heavy atom. The van der Waals surface area contributed by atoms with Crippen molar-refractivity contribution in [3.8, 4) is 11.6 Å². The SMILES string of the molecule is Cc1ccc(Oc2nc(N3CCOCC3)nc3c2CN(S(=O)(=O)c2cccc(Cl)c2)CC3)cc1. The van der Waals surface area contributed by atoms with Crippen LogP contribution in [0.15, 0.2) is 53.4 Å². The summed E-state index contributed by atoms with van der Waals surface area (Å²) in [5, 5.41) is 0.375. The van der Waals surface area contributed by atoms with E-state index >= 15 is 0 Å². The van der Waals surface area contributed by atoms with Gasteiger partial charge in [-0.15, -0.1) is 0 Å². The Morgan fingerprint density at radius 1 is 1.03 bits per heavy atom. The number of rotatable bonds is 5. The van der Waals surface area contributed by atoms with E-state index in [4.69, 9.17) is 31.0 Å². The summed E-state index contributed by atoms with van der Waals surface area (Å²) in [7, 11) is -3.74. The monoisotopic (exact) mass is 500 g/mol. The fraction of sp³-hybridized carbons (Fsp3) is 0.333. The van der Waals surface area contributed by atoms with Crippen molar-refractivity contribution >= 4 is 27.6 Å². The maximum absolute atomic E-state index is 13.3. The number of morpholine rings is 1. The predicted molar refractivity (Wildman–Crippen MR) is 129 cm³/mol. The van der Waals surface area contributed by atoms with Gasteiger partial charge in [0.2, 0.25) is 21.9 Å². The van der Waals surface area contributed by atoms with E-state index < -0.39 is 10.0 Å². The Morgan fingerprint density at radius 3 is 2.53 bits per heavy atom. The van der Waals surface area contributed by atoms with Crippen LogP contribution < -0.4 is 9.64 Å². The molecular formula is C24H25ClN4O4S. The molecule has 5 rings (SSSR count). The van der Waals surface area contributed by atoms with Gasteiger partial charge >= 0.3 is 0 Å². The summed E-state index contributed by atoms with van der Waals surface area (Å²) in [4.78, 5) is 11.8. The van der Waals surface area contributed by atoms with Crippen molar-refractivity contribution < 1.29 is 17.9 Å². The Balaban J connectivity index is 1.52. The predicted octanol–water partition coefficient (Wildman–Crippen LogP) is 3.81. The number of aryl methyl sites for hydroxylation is 1. The Kier molecular flexibility index (Phi) is 6.44. The van der Waals surface area contributed by atoms with Crippen molar-refractivity contribution in [3.63, 3.8) is 0 Å². The van der Waals surface area contributed by atoms with Gasteiger partial charge in [0.05, 0.1) is 29.4 Å². The van der Waals surface area contributed by atoms with Crippen LogP contribution in [0.25, 0.3) is 0 Å². The molecule has 2 aliphatic rings. The van der Waals surface area contributed by atoms with E-state index in [0.717, 1.165) is 11.3 Å². The Hall–Kier alpha value is -2.72. The van der Waals surface area contributed by atoms with Gasteiger partial charge in [-0.2, -0.15) is 9.29 Å². The summed E-state index contributed by atoms with van der Waals surface area (Å²) < 4.78 is 39.8. The van der Waals surface area contributed by atoms with Crippen molar-refractivity contribution in [2.45, 2.75) is 24.8 Å². The molecule has 2 aromatic carbocycles. The lowest BCUT2D eigenvalue weighted by Crippen LogP contribution is -2.39. The third-order valence-electron chi connectivity index (χ3n) is 5.94. The van der Waals surface area contributed by atoms with Crippen molar-refractivity contribution in [2.75, 3.05) is 37.7 Å². The smallest absolute Gasteiger partial charge is 0.243 e. The minimum Gasteiger partial charge on any atom is -0.439 e. The zero-order valence-electron chi connectivity index (χ0n) is 18.8. The van der Waals surface area contributed by atoms with Crippen molar-refractivity contribution in [1.29, 1.82) is 0 Å². The van der Waals surface area contributed by atoms with Gasteiger partial charge in [-0.1, -0.05) is 35.4 Å². The Labute approximate surface area is 204 Å². The van der Waals surface area contributed by atoms with E-state index in [9.17, 15) is 8.42 Å². The Bertz CT molecular complexity index is 1290. The second-order valence-corrected chi connectivity index (χ2v) is 10.7. The quantitative estimate of drug-likeness (QED) is 0.526. The highest BCUT2D eigenvalue weighted by Crippen LogP contribution is 2.34. The van der Waals surface area contributed by atoms with Gasteiger partial charge in [0.25, 0.3) is 0 Å². The fourth-order valence-corrected chi connectivity index (χ4v) is 5.75. The molecule has 0 bridgehead atoms. The van der Waals surface area contributed by atoms with Crippen molar-refractivity contribution in [3.05, 3.63) is 70.4 Å². The molecule has 0 radical (unpaired) electrons. The third-order valence-corrected chi connectivity index (χ3v) is 8.02. The average molecular weight is 501 g/mol. The number of anilines is 1. The summed E-state index contributed by atoms with van der Waals surface area (Å²) in [6.07, 6.45) is 0.458. The summed E-state index contributed by atoms with van der Waals surface area (Å²) in [6.45, 7) is 5.04. The average Bonchev–Trinajstić information content (AvgIpc) is 2.85. The lowest BCUT2D eigenvalue weighted by molar-refractivity contribution is 0.122. The highest BCUT2D eigenvalue weighted by Gasteiger charge is 2.32. The van der Waals surface area contributed by atoms with Crippen molar-refractivity contribution in [2.24, 2.45) is 0 Å². The highest BCUT2D eigenvalue weighted by molar-refractivity contribution is 7.89. The number of sulfonamides is 1. The number of fused-ring (bicyclic) bond motifs is 1. The minimum atomic E-state index is -3.74. The molecule has 8 nitrogen and oxygen atoms in total. The summed E-state index contributed by atoms with van der Waals surface area (Å²) in [6, 6.07) is 14.0. The molecule has 2 aliphatic heterocycles. The van der Waals surface area contributed by atoms with Gasteiger partial charge in [-0.25, -0.2) is 13.4 Å². The lowest BCUT2D eigenvalue weighted by Gasteiger charge is -2.31. The van der Waals surface area contributed by atoms with Crippen LogP contribution >= 0.6 is 11.6 Å². The van der Waals surface area contributed by atoms with Crippen LogP contribution in [-0.2, 0) is 27.7 Å². The third kappa shape index (κ3) is 4.74. The summed E-state index contributed by atoms with van der Waals surface area (Å²) in [5.74, 6) is 1.59. The lowest BCUT2D eigenvalue weighted by atomic mass is 10.1. The molecule has 0 N–H and O–H groups in total. The number of hydrogen-bond acceptors (Lipinski definition) is 7. The van der Waals surface area contributed by atoms with E-state index in [0.29, 0.717) is 67.4 Å². The molecule has 0 amide bonds. The molecule has 0 aliphatic carbocycles. The molecule has 0 atom stereocenters. The second-order valence-electron chi connectivity index (χ2n) is 8.31. The van der Waals surface area contributed by atoms with Crippen LogP contribution in [0.1, 0.15) is 16.8 Å². The number of aromatic nitrogens is 2. The van der Waals surface area contributed by atoms with Crippen LogP contribution in [0.3, 0.4) is 0 Å². The molecular weight excluding hydrogens is 476 g/mol. The molecule has 3 heterocycles. The first kappa shape index (κ1) is 23.0. The zero-order valence-corrected chi connectivity index (χ0v) is 20.3. The van der Waals surface area contributed by atoms with Crippen LogP contribution in [-0.4, -0.2) is 55.5 Å². The summed E-state index contributed by atoms with van der Waals surface area (Å²) >= 11 is 6.05. The first-order valence-electron chi connectivity index (χ1n) is 11.1. The van der Waals surface area contributed by atoms with Crippen LogP contribution in [0, 0.1) is 6.92 Å². The number of nitrogens with zero attached hydrogens (tertiary/aromatic N) is 4. The number of halogens is 1. The first-order chi connectivity index (χ1) is 16.4. The molecule has 1 aromatic heterocycles. The molecule has 34 heavy (non-hydrogen) atoms. The van der Waals surface area contributed by atoms with Gasteiger partial charge in [-0.05, 0) is 37.3 Å². The van der Waals surface area contributed by atoms with Gasteiger partial charge in [0, 0.05) is 37.6 Å². The minimum absolute atomic E-state index is 0.120. The zero-order chi connectivity index (χ0) is 23.7.